The van der Waals surface area contributed by atoms with Crippen LogP contribution in [0.4, 0.5) is 10.2 Å². The largest absolute Gasteiger partial charge is 0.350 e. The number of nitrogens with one attached hydrogen (secondary N) is 2. The minimum atomic E-state index is -0.397. The Bertz CT molecular complexity index is 1600. The second-order valence-corrected chi connectivity index (χ2v) is 11.1. The van der Waals surface area contributed by atoms with Gasteiger partial charge < -0.3 is 15.2 Å². The second-order valence-electron chi connectivity index (χ2n) is 10.3. The van der Waals surface area contributed by atoms with Gasteiger partial charge in [-0.3, -0.25) is 4.79 Å². The molecule has 3 aliphatic rings. The van der Waals surface area contributed by atoms with Crippen molar-refractivity contribution in [2.24, 2.45) is 5.92 Å². The molecule has 37 heavy (non-hydrogen) atoms. The van der Waals surface area contributed by atoms with Crippen LogP contribution in [0.1, 0.15) is 45.2 Å². The third-order valence-electron chi connectivity index (χ3n) is 8.10. The van der Waals surface area contributed by atoms with Crippen LogP contribution in [-0.4, -0.2) is 46.4 Å². The average Bonchev–Trinajstić information content (AvgIpc) is 3.03. The summed E-state index contributed by atoms with van der Waals surface area (Å²) in [6.07, 6.45) is 7.27. The van der Waals surface area contributed by atoms with Crippen molar-refractivity contribution in [3.63, 3.8) is 0 Å². The zero-order valence-electron chi connectivity index (χ0n) is 21.5. The van der Waals surface area contributed by atoms with Gasteiger partial charge in [0, 0.05) is 47.4 Å². The smallest absolute Gasteiger partial charge is 0.249 e. The predicted octanol–water partition coefficient (Wildman–Crippen LogP) is 3.74. The quantitative estimate of drug-likeness (QED) is 0.407. The SMILES string of the molecule is CCC1CN2c3nc(SC)n/c4c3=C(CC/C=C(c3[nH]c(=O)cc5ccccc35)\C=4F)C[C@@H](C)[C@@H]2CN1. The molecule has 6 nitrogen and oxygen atoms in total. The molecule has 2 N–H and O–H groups in total. The van der Waals surface area contributed by atoms with Gasteiger partial charge >= 0.3 is 0 Å². The van der Waals surface area contributed by atoms with Crippen molar-refractivity contribution in [2.75, 3.05) is 24.2 Å². The standard InChI is InChI=1S/C29H32FN5OS/c1-4-19-15-35-22(14-31-19)16(2)12-18-9-7-11-21(25(30)27-24(18)28(35)34-29(33-27)37-3)26-20-10-6-5-8-17(20)13-23(36)32-26/h5-6,8,10-11,13,16,19,22,31H,4,7,9,12,14-15H2,1-3H3,(H,32,36)/b21-11+,27-25-/t16-,19?,22+/m1/s1. The fraction of sp³-hybridized carbons (Fsp3) is 0.414. The molecule has 1 saturated heterocycles. The van der Waals surface area contributed by atoms with Crippen LogP contribution in [0.2, 0.25) is 0 Å². The normalized spacial score (nSPS) is 26.5. The van der Waals surface area contributed by atoms with E-state index in [9.17, 15) is 4.79 Å². The Balaban J connectivity index is 1.67. The number of aromatic nitrogens is 3. The Morgan fingerprint density at radius 2 is 2.08 bits per heavy atom. The monoisotopic (exact) mass is 517 g/mol. The molecule has 192 valence electrons. The molecule has 1 aromatic carbocycles. The number of allylic oxidation sites excluding steroid dienone is 2. The molecule has 2 aliphatic heterocycles. The number of H-pyrrole nitrogens is 1. The van der Waals surface area contributed by atoms with Gasteiger partial charge in [0.15, 0.2) is 11.0 Å². The van der Waals surface area contributed by atoms with Gasteiger partial charge in [0.1, 0.15) is 11.2 Å². The highest BCUT2D eigenvalue weighted by Crippen LogP contribution is 2.34. The van der Waals surface area contributed by atoms with Crippen molar-refractivity contribution in [3.05, 3.63) is 63.0 Å². The van der Waals surface area contributed by atoms with Crippen LogP contribution in [0, 0.1) is 5.92 Å². The van der Waals surface area contributed by atoms with Crippen LogP contribution in [0.25, 0.3) is 27.7 Å². The molecule has 1 unspecified atom stereocenters. The lowest BCUT2D eigenvalue weighted by Crippen LogP contribution is -2.59. The lowest BCUT2D eigenvalue weighted by Gasteiger charge is -2.43. The Morgan fingerprint density at radius 3 is 2.89 bits per heavy atom. The number of rotatable bonds is 3. The molecule has 0 spiro atoms. The Labute approximate surface area is 219 Å². The summed E-state index contributed by atoms with van der Waals surface area (Å²) >= 11 is 1.44. The van der Waals surface area contributed by atoms with Gasteiger partial charge in [-0.05, 0) is 43.2 Å². The predicted molar refractivity (Wildman–Crippen MR) is 150 cm³/mol. The molecule has 3 atom stereocenters. The van der Waals surface area contributed by atoms with Crippen molar-refractivity contribution in [1.29, 1.82) is 0 Å². The number of aromatic amines is 1. The summed E-state index contributed by atoms with van der Waals surface area (Å²) in [7, 11) is 0. The summed E-state index contributed by atoms with van der Waals surface area (Å²) in [6.45, 7) is 6.24. The number of nitrogens with zero attached hydrogens (tertiary/aromatic N) is 3. The zero-order valence-corrected chi connectivity index (χ0v) is 22.3. The number of anilines is 1. The molecule has 8 heteroatoms. The Kier molecular flexibility index (Phi) is 6.41. The molecule has 3 aromatic rings. The summed E-state index contributed by atoms with van der Waals surface area (Å²) in [5.41, 5.74) is 1.90. The van der Waals surface area contributed by atoms with Gasteiger partial charge in [-0.25, -0.2) is 14.4 Å². The first-order valence-electron chi connectivity index (χ1n) is 13.1. The van der Waals surface area contributed by atoms with E-state index < -0.39 is 5.83 Å². The van der Waals surface area contributed by atoms with Crippen LogP contribution in [-0.2, 0) is 0 Å². The lowest BCUT2D eigenvalue weighted by atomic mass is 9.89. The molecule has 0 radical (unpaired) electrons. The number of pyridine rings is 1. The van der Waals surface area contributed by atoms with Crippen LogP contribution >= 0.6 is 11.8 Å². The topological polar surface area (TPSA) is 73.9 Å². The summed E-state index contributed by atoms with van der Waals surface area (Å²) in [4.78, 5) is 27.7. The van der Waals surface area contributed by atoms with E-state index in [0.29, 0.717) is 46.2 Å². The first-order chi connectivity index (χ1) is 18.0. The Hall–Kier alpha value is -2.97. The molecule has 4 heterocycles. The second kappa shape index (κ2) is 9.72. The van der Waals surface area contributed by atoms with Gasteiger partial charge in [0.25, 0.3) is 0 Å². The van der Waals surface area contributed by atoms with Crippen LogP contribution in [0.15, 0.2) is 46.4 Å². The summed E-state index contributed by atoms with van der Waals surface area (Å²) in [6, 6.07) is 9.84. The average molecular weight is 518 g/mol. The maximum absolute atomic E-state index is 16.8. The van der Waals surface area contributed by atoms with Gasteiger partial charge in [0.2, 0.25) is 5.56 Å². The number of hydrogen-bond acceptors (Lipinski definition) is 6. The van der Waals surface area contributed by atoms with E-state index in [1.165, 1.54) is 17.3 Å². The molecule has 6 rings (SSSR count). The summed E-state index contributed by atoms with van der Waals surface area (Å²) < 4.78 is 16.8. The number of hydrogen-bond donors (Lipinski definition) is 2. The lowest BCUT2D eigenvalue weighted by molar-refractivity contribution is 0.323. The van der Waals surface area contributed by atoms with Gasteiger partial charge in [-0.15, -0.1) is 0 Å². The van der Waals surface area contributed by atoms with E-state index in [0.717, 1.165) is 54.2 Å². The zero-order chi connectivity index (χ0) is 25.7. The van der Waals surface area contributed by atoms with Crippen molar-refractivity contribution in [1.82, 2.24) is 20.3 Å². The van der Waals surface area contributed by atoms with Crippen molar-refractivity contribution >= 4 is 45.3 Å². The number of fused-ring (bicyclic) bond motifs is 3. The minimum absolute atomic E-state index is 0.244. The number of halogens is 1. The van der Waals surface area contributed by atoms with Crippen LogP contribution < -0.4 is 26.3 Å². The Morgan fingerprint density at radius 1 is 1.24 bits per heavy atom. The summed E-state index contributed by atoms with van der Waals surface area (Å²) in [5, 5.41) is 7.09. The fourth-order valence-electron chi connectivity index (χ4n) is 6.18. The third-order valence-corrected chi connectivity index (χ3v) is 8.65. The molecule has 2 aromatic heterocycles. The minimum Gasteiger partial charge on any atom is -0.350 e. The van der Waals surface area contributed by atoms with Gasteiger partial charge in [-0.1, -0.05) is 61.5 Å². The maximum atomic E-state index is 16.8. The highest BCUT2D eigenvalue weighted by Gasteiger charge is 2.36. The van der Waals surface area contributed by atoms with Crippen LogP contribution in [0.5, 0.6) is 0 Å². The van der Waals surface area contributed by atoms with E-state index >= 15 is 4.39 Å². The molecule has 1 aliphatic carbocycles. The number of piperazine rings is 1. The maximum Gasteiger partial charge on any atom is 0.249 e. The fourth-order valence-corrected chi connectivity index (χ4v) is 6.54. The number of benzene rings is 1. The molecular formula is C29H32FN5OS. The van der Waals surface area contributed by atoms with Crippen LogP contribution in [0.3, 0.4) is 0 Å². The molecular weight excluding hydrogens is 485 g/mol. The van der Waals surface area contributed by atoms with Crippen molar-refractivity contribution in [3.8, 4) is 0 Å². The molecule has 0 saturated carbocycles. The van der Waals surface area contributed by atoms with E-state index in [-0.39, 0.29) is 5.56 Å². The molecule has 0 amide bonds. The van der Waals surface area contributed by atoms with Gasteiger partial charge in [-0.2, -0.15) is 0 Å². The van der Waals surface area contributed by atoms with Crippen molar-refractivity contribution in [2.45, 2.75) is 56.8 Å². The summed E-state index contributed by atoms with van der Waals surface area (Å²) in [5.74, 6) is 0.869. The van der Waals surface area contributed by atoms with E-state index in [1.54, 1.807) is 6.07 Å². The van der Waals surface area contributed by atoms with E-state index in [2.05, 4.69) is 29.0 Å². The van der Waals surface area contributed by atoms with E-state index in [1.807, 2.05) is 36.6 Å². The molecule has 0 bridgehead atoms. The third kappa shape index (κ3) is 4.20. The first kappa shape index (κ1) is 24.4. The highest BCUT2D eigenvalue weighted by molar-refractivity contribution is 7.98. The highest BCUT2D eigenvalue weighted by atomic mass is 32.2. The van der Waals surface area contributed by atoms with Crippen molar-refractivity contribution < 1.29 is 4.39 Å². The van der Waals surface area contributed by atoms with E-state index in [4.69, 9.17) is 9.97 Å². The first-order valence-corrected chi connectivity index (χ1v) is 14.4. The number of thioether (sulfide) groups is 1. The molecule has 1 fully saturated rings. The van der Waals surface area contributed by atoms with Gasteiger partial charge in [0.05, 0.1) is 5.69 Å².